The van der Waals surface area contributed by atoms with Crippen molar-refractivity contribution in [3.63, 3.8) is 0 Å². The van der Waals surface area contributed by atoms with E-state index in [-0.39, 0.29) is 12.1 Å². The fourth-order valence-electron chi connectivity index (χ4n) is 3.17. The van der Waals surface area contributed by atoms with Crippen molar-refractivity contribution in [1.29, 1.82) is 0 Å². The molecule has 2 fully saturated rings. The summed E-state index contributed by atoms with van der Waals surface area (Å²) in [5, 5.41) is 3.24. The molecule has 1 atom stereocenters. The molecule has 1 unspecified atom stereocenters. The van der Waals surface area contributed by atoms with Crippen molar-refractivity contribution in [2.24, 2.45) is 13.0 Å². The van der Waals surface area contributed by atoms with Gasteiger partial charge in [-0.3, -0.25) is 0 Å². The van der Waals surface area contributed by atoms with Gasteiger partial charge in [-0.1, -0.05) is 19.3 Å². The maximum absolute atomic E-state index is 12.6. The van der Waals surface area contributed by atoms with Crippen LogP contribution in [0.4, 0.5) is 4.79 Å². The summed E-state index contributed by atoms with van der Waals surface area (Å²) in [7, 11) is 2.00. The summed E-state index contributed by atoms with van der Waals surface area (Å²) in [6.45, 7) is 1.79. The molecule has 1 aliphatic heterocycles. The van der Waals surface area contributed by atoms with E-state index in [9.17, 15) is 4.79 Å². The van der Waals surface area contributed by atoms with Gasteiger partial charge >= 0.3 is 6.03 Å². The summed E-state index contributed by atoms with van der Waals surface area (Å²) < 4.78 is 2.02. The van der Waals surface area contributed by atoms with Crippen LogP contribution in [0.2, 0.25) is 0 Å². The second-order valence-electron chi connectivity index (χ2n) is 6.42. The van der Waals surface area contributed by atoms with Gasteiger partial charge in [-0.2, -0.15) is 0 Å². The molecule has 3 rings (SSSR count). The largest absolute Gasteiger partial charge is 0.336 e. The lowest BCUT2D eigenvalue weighted by atomic mass is 10.1. The van der Waals surface area contributed by atoms with Crippen molar-refractivity contribution in [3.8, 4) is 0 Å². The second-order valence-corrected chi connectivity index (χ2v) is 6.42. The molecule has 1 N–H and O–H groups in total. The van der Waals surface area contributed by atoms with Crippen molar-refractivity contribution < 1.29 is 4.79 Å². The minimum Gasteiger partial charge on any atom is -0.336 e. The highest BCUT2D eigenvalue weighted by atomic mass is 16.2. The predicted octanol–water partition coefficient (Wildman–Crippen LogP) is 2.85. The minimum atomic E-state index is 0.0722. The molecule has 1 aromatic heterocycles. The molecular formula is C16H26N4O. The van der Waals surface area contributed by atoms with E-state index < -0.39 is 0 Å². The molecule has 1 aliphatic carbocycles. The molecule has 0 radical (unpaired) electrons. The van der Waals surface area contributed by atoms with E-state index in [0.717, 1.165) is 31.8 Å². The molecule has 5 heteroatoms. The summed E-state index contributed by atoms with van der Waals surface area (Å²) in [4.78, 5) is 19.0. The van der Waals surface area contributed by atoms with Gasteiger partial charge in [0.2, 0.25) is 0 Å². The van der Waals surface area contributed by atoms with Gasteiger partial charge in [-0.15, -0.1) is 0 Å². The maximum atomic E-state index is 12.6. The molecule has 0 bridgehead atoms. The standard InChI is InChI=1S/C16H26N4O/c1-19-12-9-17-15(19)14(13-7-8-13)18-16(21)20-10-5-3-2-4-6-11-20/h9,12-14H,2-8,10-11H2,1H3,(H,18,21). The number of nitrogens with one attached hydrogen (secondary N) is 1. The highest BCUT2D eigenvalue weighted by Gasteiger charge is 2.36. The first-order chi connectivity index (χ1) is 10.3. The number of carbonyl (C=O) groups excluding carboxylic acids is 1. The third kappa shape index (κ3) is 3.57. The van der Waals surface area contributed by atoms with E-state index in [4.69, 9.17) is 0 Å². The molecule has 1 aromatic rings. The summed E-state index contributed by atoms with van der Waals surface area (Å²) in [6, 6.07) is 0.166. The van der Waals surface area contributed by atoms with E-state index in [1.54, 1.807) is 0 Å². The monoisotopic (exact) mass is 290 g/mol. The highest BCUT2D eigenvalue weighted by Crippen LogP contribution is 2.40. The zero-order valence-corrected chi connectivity index (χ0v) is 12.9. The maximum Gasteiger partial charge on any atom is 0.317 e. The summed E-state index contributed by atoms with van der Waals surface area (Å²) in [5.41, 5.74) is 0. The summed E-state index contributed by atoms with van der Waals surface area (Å²) >= 11 is 0. The van der Waals surface area contributed by atoms with Crippen molar-refractivity contribution in [2.45, 2.75) is 51.0 Å². The number of likely N-dealkylation sites (tertiary alicyclic amines) is 1. The Balaban J connectivity index is 1.65. The highest BCUT2D eigenvalue weighted by molar-refractivity contribution is 5.74. The Bertz CT molecular complexity index is 472. The minimum absolute atomic E-state index is 0.0722. The van der Waals surface area contributed by atoms with E-state index >= 15 is 0 Å². The lowest BCUT2D eigenvalue weighted by Gasteiger charge is -2.28. The zero-order chi connectivity index (χ0) is 14.7. The Hall–Kier alpha value is -1.52. The molecule has 2 amide bonds. The van der Waals surface area contributed by atoms with Gasteiger partial charge in [-0.25, -0.2) is 9.78 Å². The summed E-state index contributed by atoms with van der Waals surface area (Å²) in [5.74, 6) is 1.54. The number of amides is 2. The molecule has 2 heterocycles. The van der Waals surface area contributed by atoms with Gasteiger partial charge in [0.15, 0.2) is 0 Å². The van der Waals surface area contributed by atoms with Gasteiger partial charge < -0.3 is 14.8 Å². The third-order valence-electron chi connectivity index (χ3n) is 4.65. The van der Waals surface area contributed by atoms with Gasteiger partial charge in [0.25, 0.3) is 0 Å². The van der Waals surface area contributed by atoms with Crippen LogP contribution in [0.5, 0.6) is 0 Å². The summed E-state index contributed by atoms with van der Waals surface area (Å²) in [6.07, 6.45) is 12.2. The van der Waals surface area contributed by atoms with Gasteiger partial charge in [0, 0.05) is 32.5 Å². The number of aryl methyl sites for hydroxylation is 1. The first kappa shape index (κ1) is 14.4. The Morgan fingerprint density at radius 1 is 1.24 bits per heavy atom. The number of rotatable bonds is 3. The van der Waals surface area contributed by atoms with Crippen LogP contribution < -0.4 is 5.32 Å². The Morgan fingerprint density at radius 2 is 1.90 bits per heavy atom. The molecular weight excluding hydrogens is 264 g/mol. The molecule has 1 saturated heterocycles. The van der Waals surface area contributed by atoms with Crippen LogP contribution in [-0.2, 0) is 7.05 Å². The van der Waals surface area contributed by atoms with Gasteiger partial charge in [-0.05, 0) is 31.6 Å². The van der Waals surface area contributed by atoms with Crippen LogP contribution in [-0.4, -0.2) is 33.6 Å². The molecule has 21 heavy (non-hydrogen) atoms. The number of nitrogens with zero attached hydrogens (tertiary/aromatic N) is 3. The van der Waals surface area contributed by atoms with Crippen molar-refractivity contribution in [1.82, 2.24) is 19.8 Å². The molecule has 2 aliphatic rings. The fourth-order valence-corrected chi connectivity index (χ4v) is 3.17. The van der Waals surface area contributed by atoms with Crippen LogP contribution in [0.15, 0.2) is 12.4 Å². The normalized spacial score (nSPS) is 21.5. The number of imidazole rings is 1. The fraction of sp³-hybridized carbons (Fsp3) is 0.750. The second kappa shape index (κ2) is 6.50. The average Bonchev–Trinajstić information content (AvgIpc) is 3.18. The number of carbonyl (C=O) groups is 1. The first-order valence-electron chi connectivity index (χ1n) is 8.28. The number of hydrogen-bond donors (Lipinski definition) is 1. The van der Waals surface area contributed by atoms with Crippen molar-refractivity contribution in [3.05, 3.63) is 18.2 Å². The third-order valence-corrected chi connectivity index (χ3v) is 4.65. The van der Waals surface area contributed by atoms with Crippen LogP contribution in [0, 0.1) is 5.92 Å². The number of hydrogen-bond acceptors (Lipinski definition) is 2. The van der Waals surface area contributed by atoms with E-state index in [0.29, 0.717) is 5.92 Å². The van der Waals surface area contributed by atoms with E-state index in [1.807, 2.05) is 28.9 Å². The smallest absolute Gasteiger partial charge is 0.317 e. The lowest BCUT2D eigenvalue weighted by Crippen LogP contribution is -2.44. The van der Waals surface area contributed by atoms with Crippen molar-refractivity contribution in [2.75, 3.05) is 13.1 Å². The number of aromatic nitrogens is 2. The Kier molecular flexibility index (Phi) is 4.46. The molecule has 116 valence electrons. The molecule has 5 nitrogen and oxygen atoms in total. The van der Waals surface area contributed by atoms with Crippen LogP contribution in [0.3, 0.4) is 0 Å². The van der Waals surface area contributed by atoms with Gasteiger partial charge in [0.1, 0.15) is 5.82 Å². The first-order valence-corrected chi connectivity index (χ1v) is 8.28. The quantitative estimate of drug-likeness (QED) is 0.930. The Labute approximate surface area is 126 Å². The number of urea groups is 1. The van der Waals surface area contributed by atoms with E-state index in [1.165, 1.54) is 32.1 Å². The van der Waals surface area contributed by atoms with Crippen molar-refractivity contribution >= 4 is 6.03 Å². The zero-order valence-electron chi connectivity index (χ0n) is 12.9. The van der Waals surface area contributed by atoms with E-state index in [2.05, 4.69) is 10.3 Å². The van der Waals surface area contributed by atoms with Crippen LogP contribution >= 0.6 is 0 Å². The molecule has 0 spiro atoms. The lowest BCUT2D eigenvalue weighted by molar-refractivity contribution is 0.186. The Morgan fingerprint density at radius 3 is 2.48 bits per heavy atom. The predicted molar refractivity (Wildman–Crippen MR) is 81.9 cm³/mol. The van der Waals surface area contributed by atoms with Crippen LogP contribution in [0.25, 0.3) is 0 Å². The SMILES string of the molecule is Cn1ccnc1C(NC(=O)N1CCCCCCC1)C1CC1. The van der Waals surface area contributed by atoms with Gasteiger partial charge in [0.05, 0.1) is 6.04 Å². The average molecular weight is 290 g/mol. The van der Waals surface area contributed by atoms with Crippen LogP contribution in [0.1, 0.15) is 56.8 Å². The molecule has 1 saturated carbocycles. The molecule has 0 aromatic carbocycles. The topological polar surface area (TPSA) is 50.2 Å².